The molecule has 4 rings (SSSR count). The van der Waals surface area contributed by atoms with Gasteiger partial charge in [0.15, 0.2) is 0 Å². The number of fused-ring (bicyclic) bond motifs is 2. The van der Waals surface area contributed by atoms with Crippen LogP contribution in [0.3, 0.4) is 0 Å². The van der Waals surface area contributed by atoms with E-state index in [0.29, 0.717) is 0 Å². The molecular formula is C24H25N3O. The first kappa shape index (κ1) is 18.1. The highest BCUT2D eigenvalue weighted by molar-refractivity contribution is 6.10. The van der Waals surface area contributed by atoms with Crippen molar-refractivity contribution in [3.05, 3.63) is 60.7 Å². The van der Waals surface area contributed by atoms with Crippen molar-refractivity contribution in [2.45, 2.75) is 13.8 Å². The molecule has 1 aromatic heterocycles. The third-order valence-corrected chi connectivity index (χ3v) is 5.27. The minimum atomic E-state index is 0.718. The maximum atomic E-state index is 6.06. The van der Waals surface area contributed by atoms with E-state index in [4.69, 9.17) is 15.5 Å². The average molecular weight is 371 g/mol. The number of methoxy groups -OCH3 is 1. The number of anilines is 2. The summed E-state index contributed by atoms with van der Waals surface area (Å²) < 4.78 is 5.46. The van der Waals surface area contributed by atoms with E-state index < -0.39 is 0 Å². The highest BCUT2D eigenvalue weighted by Gasteiger charge is 2.14. The van der Waals surface area contributed by atoms with Gasteiger partial charge in [-0.3, -0.25) is 0 Å². The van der Waals surface area contributed by atoms with Crippen LogP contribution in [0.2, 0.25) is 0 Å². The molecule has 0 bridgehead atoms. The molecule has 0 aliphatic carbocycles. The first-order valence-corrected chi connectivity index (χ1v) is 9.67. The Bertz CT molecular complexity index is 1150. The van der Waals surface area contributed by atoms with Crippen molar-refractivity contribution >= 4 is 33.2 Å². The fourth-order valence-electron chi connectivity index (χ4n) is 3.83. The molecule has 1 heterocycles. The van der Waals surface area contributed by atoms with Gasteiger partial charge in [0.25, 0.3) is 0 Å². The van der Waals surface area contributed by atoms with Crippen LogP contribution in [0.1, 0.15) is 13.8 Å². The lowest BCUT2D eigenvalue weighted by Crippen LogP contribution is -2.21. The highest BCUT2D eigenvalue weighted by Crippen LogP contribution is 2.37. The van der Waals surface area contributed by atoms with E-state index in [9.17, 15) is 0 Å². The maximum Gasteiger partial charge on any atom is 0.119 e. The van der Waals surface area contributed by atoms with Crippen LogP contribution in [0.25, 0.3) is 32.9 Å². The Balaban J connectivity index is 2.06. The van der Waals surface area contributed by atoms with Gasteiger partial charge >= 0.3 is 0 Å². The predicted octanol–water partition coefficient (Wildman–Crippen LogP) is 5.49. The number of rotatable bonds is 5. The molecule has 0 saturated heterocycles. The van der Waals surface area contributed by atoms with Gasteiger partial charge in [-0.05, 0) is 55.8 Å². The first-order chi connectivity index (χ1) is 13.6. The highest BCUT2D eigenvalue weighted by atomic mass is 16.5. The summed E-state index contributed by atoms with van der Waals surface area (Å²) in [6.07, 6.45) is 0. The molecule has 0 spiro atoms. The molecule has 4 heteroatoms. The van der Waals surface area contributed by atoms with E-state index in [-0.39, 0.29) is 0 Å². The lowest BCUT2D eigenvalue weighted by Gasteiger charge is -2.22. The van der Waals surface area contributed by atoms with Gasteiger partial charge in [-0.2, -0.15) is 0 Å². The first-order valence-electron chi connectivity index (χ1n) is 9.67. The second-order valence-electron chi connectivity index (χ2n) is 6.87. The number of benzene rings is 3. The fourth-order valence-corrected chi connectivity index (χ4v) is 3.83. The van der Waals surface area contributed by atoms with Crippen LogP contribution >= 0.6 is 0 Å². The van der Waals surface area contributed by atoms with Gasteiger partial charge < -0.3 is 15.4 Å². The molecule has 142 valence electrons. The van der Waals surface area contributed by atoms with E-state index in [1.165, 1.54) is 5.69 Å². The smallest absolute Gasteiger partial charge is 0.119 e. The normalized spacial score (nSPS) is 11.1. The topological polar surface area (TPSA) is 51.4 Å². The Kier molecular flexibility index (Phi) is 4.78. The van der Waals surface area contributed by atoms with E-state index in [1.54, 1.807) is 7.11 Å². The lowest BCUT2D eigenvalue weighted by atomic mass is 9.95. The summed E-state index contributed by atoms with van der Waals surface area (Å²) in [6, 6.07) is 20.7. The van der Waals surface area contributed by atoms with Crippen LogP contribution in [-0.4, -0.2) is 25.2 Å². The summed E-state index contributed by atoms with van der Waals surface area (Å²) in [7, 11) is 1.69. The second-order valence-corrected chi connectivity index (χ2v) is 6.87. The van der Waals surface area contributed by atoms with Gasteiger partial charge in [0.2, 0.25) is 0 Å². The van der Waals surface area contributed by atoms with Crippen molar-refractivity contribution in [3.63, 3.8) is 0 Å². The Morgan fingerprint density at radius 3 is 2.32 bits per heavy atom. The largest absolute Gasteiger partial charge is 0.497 e. The molecule has 28 heavy (non-hydrogen) atoms. The summed E-state index contributed by atoms with van der Waals surface area (Å²) in [5.74, 6) is 0.839. The monoisotopic (exact) mass is 371 g/mol. The third kappa shape index (κ3) is 3.11. The van der Waals surface area contributed by atoms with Crippen molar-refractivity contribution < 1.29 is 4.74 Å². The summed E-state index contributed by atoms with van der Waals surface area (Å²) in [4.78, 5) is 7.27. The number of hydrogen-bond donors (Lipinski definition) is 1. The lowest BCUT2D eigenvalue weighted by molar-refractivity contribution is 0.415. The minimum Gasteiger partial charge on any atom is -0.497 e. The standard InChI is InChI=1S/C24H25N3O/c1-4-27(5-2)18-10-12-21-23(15-18)26-22-14-17(25)9-11-20(22)24(21)16-7-6-8-19(13-16)28-3/h6-15H,4-5,25H2,1-3H3. The Morgan fingerprint density at radius 2 is 1.61 bits per heavy atom. The van der Waals surface area contributed by atoms with Gasteiger partial charge in [0.1, 0.15) is 5.75 Å². The third-order valence-electron chi connectivity index (χ3n) is 5.27. The molecule has 0 atom stereocenters. The van der Waals surface area contributed by atoms with Crippen LogP contribution in [0, 0.1) is 0 Å². The van der Waals surface area contributed by atoms with Crippen LogP contribution in [-0.2, 0) is 0 Å². The van der Waals surface area contributed by atoms with Crippen LogP contribution in [0.4, 0.5) is 11.4 Å². The SMILES string of the molecule is CCN(CC)c1ccc2c(-c3cccc(OC)c3)c3ccc(N)cc3nc2c1. The predicted molar refractivity (Wildman–Crippen MR) is 119 cm³/mol. The molecule has 2 N–H and O–H groups in total. The summed E-state index contributed by atoms with van der Waals surface area (Å²) >= 11 is 0. The van der Waals surface area contributed by atoms with Crippen LogP contribution in [0.5, 0.6) is 5.75 Å². The molecule has 0 aliphatic rings. The van der Waals surface area contributed by atoms with E-state index in [0.717, 1.165) is 57.5 Å². The summed E-state index contributed by atoms with van der Waals surface area (Å²) in [5, 5.41) is 2.21. The quantitative estimate of drug-likeness (QED) is 0.372. The molecule has 4 nitrogen and oxygen atoms in total. The van der Waals surface area contributed by atoms with Gasteiger partial charge in [0.05, 0.1) is 18.1 Å². The molecule has 3 aromatic carbocycles. The Labute approximate surface area is 165 Å². The zero-order chi connectivity index (χ0) is 19.7. The molecule has 0 radical (unpaired) electrons. The zero-order valence-electron chi connectivity index (χ0n) is 16.6. The number of ether oxygens (including phenoxy) is 1. The van der Waals surface area contributed by atoms with Crippen molar-refractivity contribution in [2.24, 2.45) is 0 Å². The number of pyridine rings is 1. The summed E-state index contributed by atoms with van der Waals surface area (Å²) in [5.41, 5.74) is 12.1. The molecular weight excluding hydrogens is 346 g/mol. The van der Waals surface area contributed by atoms with Gasteiger partial charge in [-0.25, -0.2) is 4.98 Å². The second kappa shape index (κ2) is 7.39. The molecule has 0 unspecified atom stereocenters. The maximum absolute atomic E-state index is 6.06. The van der Waals surface area contributed by atoms with E-state index in [1.807, 2.05) is 24.3 Å². The number of nitrogens with zero attached hydrogens (tertiary/aromatic N) is 2. The minimum absolute atomic E-state index is 0.718. The fraction of sp³-hybridized carbons (Fsp3) is 0.208. The Hall–Kier alpha value is -3.27. The van der Waals surface area contributed by atoms with Gasteiger partial charge in [-0.15, -0.1) is 0 Å². The van der Waals surface area contributed by atoms with Crippen molar-refractivity contribution in [2.75, 3.05) is 30.8 Å². The van der Waals surface area contributed by atoms with Crippen molar-refractivity contribution in [3.8, 4) is 16.9 Å². The van der Waals surface area contributed by atoms with Gasteiger partial charge in [-0.1, -0.05) is 24.3 Å². The number of nitrogen functional groups attached to an aromatic ring is 1. The molecule has 0 amide bonds. The van der Waals surface area contributed by atoms with Gasteiger partial charge in [0, 0.05) is 40.8 Å². The number of aromatic nitrogens is 1. The molecule has 0 aliphatic heterocycles. The molecule has 0 saturated carbocycles. The van der Waals surface area contributed by atoms with Crippen LogP contribution in [0.15, 0.2) is 60.7 Å². The van der Waals surface area contributed by atoms with E-state index >= 15 is 0 Å². The average Bonchev–Trinajstić information content (AvgIpc) is 2.72. The number of hydrogen-bond acceptors (Lipinski definition) is 4. The zero-order valence-corrected chi connectivity index (χ0v) is 16.6. The summed E-state index contributed by atoms with van der Waals surface area (Å²) in [6.45, 7) is 6.27. The van der Waals surface area contributed by atoms with Crippen LogP contribution < -0.4 is 15.4 Å². The van der Waals surface area contributed by atoms with Crippen molar-refractivity contribution in [1.82, 2.24) is 4.98 Å². The van der Waals surface area contributed by atoms with Crippen molar-refractivity contribution in [1.29, 1.82) is 0 Å². The van der Waals surface area contributed by atoms with E-state index in [2.05, 4.69) is 55.1 Å². The molecule has 4 aromatic rings. The molecule has 0 fully saturated rings. The Morgan fingerprint density at radius 1 is 0.893 bits per heavy atom. The number of nitrogens with two attached hydrogens (primary N) is 1.